The van der Waals surface area contributed by atoms with Gasteiger partial charge >= 0.3 is 0 Å². The van der Waals surface area contributed by atoms with Gasteiger partial charge in [-0.15, -0.1) is 0 Å². The van der Waals surface area contributed by atoms with Crippen molar-refractivity contribution in [1.29, 1.82) is 0 Å². The molecule has 10 nitrogen and oxygen atoms in total. The van der Waals surface area contributed by atoms with Gasteiger partial charge in [0.1, 0.15) is 15.6 Å². The van der Waals surface area contributed by atoms with Crippen LogP contribution >= 0.6 is 0 Å². The fourth-order valence-electron chi connectivity index (χ4n) is 4.66. The van der Waals surface area contributed by atoms with Crippen molar-refractivity contribution < 1.29 is 17.7 Å². The van der Waals surface area contributed by atoms with Crippen molar-refractivity contribution in [3.8, 4) is 11.3 Å². The first-order valence-electron chi connectivity index (χ1n) is 11.6. The summed E-state index contributed by atoms with van der Waals surface area (Å²) < 4.78 is 33.8. The van der Waals surface area contributed by atoms with Gasteiger partial charge in [-0.1, -0.05) is 12.1 Å². The zero-order valence-corrected chi connectivity index (χ0v) is 20.1. The van der Waals surface area contributed by atoms with Crippen molar-refractivity contribution in [3.63, 3.8) is 0 Å². The zero-order valence-electron chi connectivity index (χ0n) is 19.3. The third-order valence-electron chi connectivity index (χ3n) is 6.36. The number of fused-ring (bicyclic) bond motifs is 1. The number of morpholine rings is 1. The van der Waals surface area contributed by atoms with Crippen LogP contribution in [0.15, 0.2) is 42.6 Å². The topological polar surface area (TPSA) is 127 Å². The van der Waals surface area contributed by atoms with Gasteiger partial charge < -0.3 is 15.0 Å². The number of anilines is 2. The fraction of sp³-hybridized carbons (Fsp3) is 0.478. The zero-order chi connectivity index (χ0) is 23.8. The highest BCUT2D eigenvalue weighted by atomic mass is 32.3. The Kier molecular flexibility index (Phi) is 6.07. The smallest absolute Gasteiger partial charge is 0.157 e. The second-order valence-electron chi connectivity index (χ2n) is 9.35. The van der Waals surface area contributed by atoms with Gasteiger partial charge in [0, 0.05) is 48.9 Å². The third-order valence-corrected chi connectivity index (χ3v) is 7.07. The van der Waals surface area contributed by atoms with Crippen molar-refractivity contribution >= 4 is 27.0 Å². The molecule has 1 aromatic carbocycles. The molecule has 2 aromatic heterocycles. The Labute approximate surface area is 199 Å². The van der Waals surface area contributed by atoms with E-state index in [9.17, 15) is 8.76 Å². The van der Waals surface area contributed by atoms with Crippen LogP contribution in [0.5, 0.6) is 0 Å². The van der Waals surface area contributed by atoms with Gasteiger partial charge in [0.05, 0.1) is 25.5 Å². The van der Waals surface area contributed by atoms with Crippen LogP contribution in [0.2, 0.25) is 0 Å². The fourth-order valence-corrected chi connectivity index (χ4v) is 5.18. The van der Waals surface area contributed by atoms with Crippen molar-refractivity contribution in [3.05, 3.63) is 42.6 Å². The molecule has 0 radical (unpaired) electrons. The largest absolute Gasteiger partial charge is 0.378 e. The second-order valence-corrected chi connectivity index (χ2v) is 12.1. The van der Waals surface area contributed by atoms with Crippen molar-refractivity contribution in [2.45, 2.75) is 25.3 Å². The summed E-state index contributed by atoms with van der Waals surface area (Å²) in [5.41, 5.74) is 3.85. The Bertz CT molecular complexity index is 1220. The van der Waals surface area contributed by atoms with E-state index in [0.717, 1.165) is 74.5 Å². The molecule has 1 saturated carbocycles. The molecule has 184 valence electrons. The molecule has 2 atom stereocenters. The lowest BCUT2D eigenvalue weighted by atomic mass is 10.1. The quantitative estimate of drug-likeness (QED) is 0.463. The number of rotatable bonds is 7. The highest BCUT2D eigenvalue weighted by molar-refractivity contribution is 8.08. The summed E-state index contributed by atoms with van der Waals surface area (Å²) in [5, 5.41) is 13.7. The number of hydrogen-bond acceptors (Lipinski definition) is 7. The summed E-state index contributed by atoms with van der Waals surface area (Å²) in [6.45, 7) is 3.44. The molecule has 2 aliphatic rings. The Hall–Kier alpha value is -2.57. The second kappa shape index (κ2) is 8.90. The Morgan fingerprint density at radius 2 is 2.09 bits per heavy atom. The number of benzene rings is 1. The predicted octanol–water partition coefficient (Wildman–Crippen LogP) is 2.54. The van der Waals surface area contributed by atoms with Gasteiger partial charge in [-0.25, -0.2) is 14.3 Å². The van der Waals surface area contributed by atoms with Gasteiger partial charge in [0.2, 0.25) is 0 Å². The molecule has 3 heterocycles. The van der Waals surface area contributed by atoms with Crippen LogP contribution in [-0.2, 0) is 18.7 Å². The van der Waals surface area contributed by atoms with E-state index in [1.807, 2.05) is 16.6 Å². The molecule has 1 aliphatic heterocycles. The van der Waals surface area contributed by atoms with Gasteiger partial charge in [0.15, 0.2) is 5.65 Å². The van der Waals surface area contributed by atoms with Gasteiger partial charge in [-0.2, -0.15) is 9.61 Å². The van der Waals surface area contributed by atoms with Crippen LogP contribution in [0.25, 0.3) is 16.9 Å². The summed E-state index contributed by atoms with van der Waals surface area (Å²) >= 11 is 0. The number of nitrogens with two attached hydrogens (primary N) is 1. The molecule has 3 aromatic rings. The van der Waals surface area contributed by atoms with E-state index in [4.69, 9.17) is 19.2 Å². The Morgan fingerprint density at radius 3 is 2.88 bits per heavy atom. The molecular formula is C23H32N6O4S. The molecule has 4 N–H and O–H groups in total. The highest BCUT2D eigenvalue weighted by Crippen LogP contribution is 2.31. The van der Waals surface area contributed by atoms with Crippen LogP contribution in [0.1, 0.15) is 19.3 Å². The molecular weight excluding hydrogens is 456 g/mol. The summed E-state index contributed by atoms with van der Waals surface area (Å²) in [6, 6.07) is 12.5. The maximum atomic E-state index is 11.8. The maximum Gasteiger partial charge on any atom is 0.157 e. The van der Waals surface area contributed by atoms with Crippen LogP contribution in [0, 0.1) is 5.92 Å². The Morgan fingerprint density at radius 1 is 1.26 bits per heavy atom. The van der Waals surface area contributed by atoms with E-state index in [1.165, 1.54) is 5.69 Å². The predicted molar refractivity (Wildman–Crippen MR) is 133 cm³/mol. The number of ether oxygens (including phenoxy) is 1. The van der Waals surface area contributed by atoms with Crippen LogP contribution in [0.3, 0.4) is 0 Å². The average Bonchev–Trinajstić information content (AvgIpc) is 3.45. The molecule has 2 fully saturated rings. The van der Waals surface area contributed by atoms with E-state index < -0.39 is 9.81 Å². The van der Waals surface area contributed by atoms with Gasteiger partial charge in [0.25, 0.3) is 0 Å². The van der Waals surface area contributed by atoms with Gasteiger partial charge in [-0.3, -0.25) is 8.74 Å². The monoisotopic (exact) mass is 488 g/mol. The van der Waals surface area contributed by atoms with E-state index in [2.05, 4.69) is 39.5 Å². The molecule has 0 spiro atoms. The number of aromatic nitrogens is 3. The normalized spacial score (nSPS) is 22.6. The summed E-state index contributed by atoms with van der Waals surface area (Å²) in [5.74, 6) is 1.04. The lowest BCUT2D eigenvalue weighted by molar-refractivity contribution is 0.122. The minimum Gasteiger partial charge on any atom is -0.378 e. The molecule has 0 amide bonds. The van der Waals surface area contributed by atoms with E-state index in [1.54, 1.807) is 6.20 Å². The Balaban J connectivity index is 1.30. The van der Waals surface area contributed by atoms with Crippen molar-refractivity contribution in [1.82, 2.24) is 14.6 Å². The first kappa shape index (κ1) is 23.2. The SMILES string of the molecule is CS(N)(=O)(O)OCC1CCC(Nc2ccnc3cc(-c4cccc(N5CCOCC5)c4)nn23)C1. The average molecular weight is 489 g/mol. The lowest BCUT2D eigenvalue weighted by Crippen LogP contribution is -2.43. The van der Waals surface area contributed by atoms with Crippen molar-refractivity contribution in [2.75, 3.05) is 49.4 Å². The number of nitrogens with zero attached hydrogens (tertiary/aromatic N) is 4. The highest BCUT2D eigenvalue weighted by Gasteiger charge is 2.29. The molecule has 2 unspecified atom stereocenters. The first-order chi connectivity index (χ1) is 16.2. The molecule has 34 heavy (non-hydrogen) atoms. The minimum atomic E-state index is -4.42. The summed E-state index contributed by atoms with van der Waals surface area (Å²) in [4.78, 5) is 6.82. The third kappa shape index (κ3) is 5.56. The van der Waals surface area contributed by atoms with E-state index >= 15 is 0 Å². The van der Waals surface area contributed by atoms with Crippen LogP contribution < -0.4 is 15.4 Å². The number of nitrogens with one attached hydrogen (secondary N) is 1. The summed E-state index contributed by atoms with van der Waals surface area (Å²) in [6.07, 6.45) is 5.46. The summed E-state index contributed by atoms with van der Waals surface area (Å²) in [7, 11) is -4.42. The molecule has 11 heteroatoms. The van der Waals surface area contributed by atoms with Crippen LogP contribution in [-0.4, -0.2) is 68.6 Å². The standard InChI is InChI=1S/C23H32N6O4S/c1-34(24,30,31)33-16-17-5-6-19(13-17)26-22-7-8-25-23-15-21(27-29(22)23)18-3-2-4-20(14-18)28-9-11-32-12-10-28/h2-4,7-8,14-15,17,19,26H,5-6,9-13,16H2,1H3,(H3,24,30,31). The number of hydrogen-bond donors (Lipinski definition) is 3. The molecule has 0 bridgehead atoms. The van der Waals surface area contributed by atoms with Crippen molar-refractivity contribution in [2.24, 2.45) is 11.1 Å². The molecule has 1 saturated heterocycles. The maximum absolute atomic E-state index is 11.8. The van der Waals surface area contributed by atoms with E-state index in [0.29, 0.717) is 0 Å². The molecule has 5 rings (SSSR count). The van der Waals surface area contributed by atoms with Crippen LogP contribution in [0.4, 0.5) is 11.5 Å². The first-order valence-corrected chi connectivity index (χ1v) is 13.9. The molecule has 1 aliphatic carbocycles. The van der Waals surface area contributed by atoms with Gasteiger partial charge in [-0.05, 0) is 43.4 Å². The lowest BCUT2D eigenvalue weighted by Gasteiger charge is -2.29. The minimum absolute atomic E-state index is 0.171. The van der Waals surface area contributed by atoms with E-state index in [-0.39, 0.29) is 18.6 Å².